The van der Waals surface area contributed by atoms with Crippen LogP contribution in [0.15, 0.2) is 60.9 Å². The molecule has 0 aliphatic rings. The van der Waals surface area contributed by atoms with Crippen LogP contribution in [0.3, 0.4) is 0 Å². The van der Waals surface area contributed by atoms with Crippen LogP contribution in [0.2, 0.25) is 0 Å². The van der Waals surface area contributed by atoms with Gasteiger partial charge in [-0.05, 0) is 55.3 Å². The molecule has 0 fully saturated rings. The molecule has 2 aromatic carbocycles. The molecule has 3 rings (SSSR count). The van der Waals surface area contributed by atoms with Gasteiger partial charge in [0, 0.05) is 12.2 Å². The number of nitrogens with one attached hydrogen (secondary N) is 2. The van der Waals surface area contributed by atoms with Crippen LogP contribution in [0.1, 0.15) is 23.0 Å². The molecular formula is C21H21FN4O2. The Kier molecular flexibility index (Phi) is 6.51. The van der Waals surface area contributed by atoms with E-state index in [1.54, 1.807) is 12.1 Å². The molecule has 3 aromatic rings. The third-order valence-electron chi connectivity index (χ3n) is 3.93. The predicted octanol–water partition coefficient (Wildman–Crippen LogP) is 3.73. The first-order chi connectivity index (χ1) is 13.6. The Hall–Kier alpha value is -3.48. The predicted molar refractivity (Wildman–Crippen MR) is 105 cm³/mol. The van der Waals surface area contributed by atoms with Crippen LogP contribution in [0.4, 0.5) is 15.9 Å². The fraction of sp³-hybridized carbons (Fsp3) is 0.190. The van der Waals surface area contributed by atoms with Crippen LogP contribution in [-0.4, -0.2) is 29.0 Å². The van der Waals surface area contributed by atoms with Crippen LogP contribution in [0, 0.1) is 5.82 Å². The summed E-state index contributed by atoms with van der Waals surface area (Å²) >= 11 is 0. The van der Waals surface area contributed by atoms with Crippen LogP contribution in [0.5, 0.6) is 5.75 Å². The molecule has 6 nitrogen and oxygen atoms in total. The van der Waals surface area contributed by atoms with E-state index in [2.05, 4.69) is 20.6 Å². The highest BCUT2D eigenvalue weighted by Crippen LogP contribution is 2.18. The Labute approximate surface area is 162 Å². The Morgan fingerprint density at radius 2 is 1.79 bits per heavy atom. The summed E-state index contributed by atoms with van der Waals surface area (Å²) < 4.78 is 18.3. The maximum atomic E-state index is 12.9. The van der Waals surface area contributed by atoms with Gasteiger partial charge in [0.25, 0.3) is 5.91 Å². The van der Waals surface area contributed by atoms with Crippen molar-refractivity contribution >= 4 is 17.4 Å². The van der Waals surface area contributed by atoms with Gasteiger partial charge in [0.15, 0.2) is 0 Å². The zero-order chi connectivity index (χ0) is 19.8. The number of ether oxygens (including phenoxy) is 1. The Morgan fingerprint density at radius 1 is 1.04 bits per heavy atom. The zero-order valence-electron chi connectivity index (χ0n) is 15.5. The molecule has 0 bridgehead atoms. The van der Waals surface area contributed by atoms with Crippen LogP contribution >= 0.6 is 0 Å². The highest BCUT2D eigenvalue weighted by Gasteiger charge is 2.08. The van der Waals surface area contributed by atoms with Gasteiger partial charge in [-0.3, -0.25) is 4.79 Å². The van der Waals surface area contributed by atoms with Crippen molar-refractivity contribution in [1.82, 2.24) is 15.3 Å². The number of carbonyl (C=O) groups excluding carboxylic acids is 1. The second kappa shape index (κ2) is 9.45. The molecule has 28 heavy (non-hydrogen) atoms. The van der Waals surface area contributed by atoms with E-state index in [0.717, 1.165) is 17.0 Å². The summed E-state index contributed by atoms with van der Waals surface area (Å²) in [6.07, 6.45) is 3.53. The molecule has 0 spiro atoms. The number of hydrogen-bond acceptors (Lipinski definition) is 5. The van der Waals surface area contributed by atoms with E-state index in [1.165, 1.54) is 24.5 Å². The zero-order valence-corrected chi connectivity index (χ0v) is 15.5. The number of anilines is 2. The van der Waals surface area contributed by atoms with Gasteiger partial charge in [-0.25, -0.2) is 14.4 Å². The van der Waals surface area contributed by atoms with E-state index in [9.17, 15) is 9.18 Å². The van der Waals surface area contributed by atoms with Gasteiger partial charge < -0.3 is 15.4 Å². The van der Waals surface area contributed by atoms with Crippen molar-refractivity contribution in [2.45, 2.75) is 13.3 Å². The number of carbonyl (C=O) groups is 1. The summed E-state index contributed by atoms with van der Waals surface area (Å²) in [7, 11) is 0. The number of nitrogens with zero attached hydrogens (tertiary/aromatic N) is 2. The van der Waals surface area contributed by atoms with E-state index in [-0.39, 0.29) is 17.4 Å². The Bertz CT molecular complexity index is 897. The fourth-order valence-electron chi connectivity index (χ4n) is 2.52. The van der Waals surface area contributed by atoms with E-state index < -0.39 is 0 Å². The van der Waals surface area contributed by atoms with Gasteiger partial charge >= 0.3 is 0 Å². The quantitative estimate of drug-likeness (QED) is 0.623. The van der Waals surface area contributed by atoms with Crippen molar-refractivity contribution in [2.75, 3.05) is 18.5 Å². The first-order valence-electron chi connectivity index (χ1n) is 8.98. The number of aromatic nitrogens is 2. The minimum Gasteiger partial charge on any atom is -0.494 e. The Morgan fingerprint density at radius 3 is 2.43 bits per heavy atom. The summed E-state index contributed by atoms with van der Waals surface area (Å²) in [6.45, 7) is 2.98. The largest absolute Gasteiger partial charge is 0.494 e. The molecule has 2 N–H and O–H groups in total. The number of halogens is 1. The summed E-state index contributed by atoms with van der Waals surface area (Å²) in [5, 5.41) is 5.90. The monoisotopic (exact) mass is 380 g/mol. The molecule has 0 radical (unpaired) electrons. The second-order valence-corrected chi connectivity index (χ2v) is 6.00. The molecule has 7 heteroatoms. The van der Waals surface area contributed by atoms with Crippen LogP contribution in [-0.2, 0) is 6.42 Å². The molecular weight excluding hydrogens is 359 g/mol. The molecule has 1 aromatic heterocycles. The van der Waals surface area contributed by atoms with Gasteiger partial charge in [0.2, 0.25) is 0 Å². The lowest BCUT2D eigenvalue weighted by molar-refractivity contribution is 0.0949. The lowest BCUT2D eigenvalue weighted by atomic mass is 10.1. The fourth-order valence-corrected chi connectivity index (χ4v) is 2.52. The Balaban J connectivity index is 1.50. The molecule has 1 amide bonds. The third kappa shape index (κ3) is 5.51. The number of benzene rings is 2. The molecule has 0 aliphatic carbocycles. The highest BCUT2D eigenvalue weighted by molar-refractivity contribution is 5.92. The molecule has 0 saturated carbocycles. The van der Waals surface area contributed by atoms with Crippen LogP contribution in [0.25, 0.3) is 0 Å². The molecule has 0 saturated heterocycles. The van der Waals surface area contributed by atoms with E-state index >= 15 is 0 Å². The number of rotatable bonds is 8. The van der Waals surface area contributed by atoms with E-state index in [0.29, 0.717) is 25.4 Å². The molecule has 144 valence electrons. The van der Waals surface area contributed by atoms with Crippen molar-refractivity contribution in [1.29, 1.82) is 0 Å². The van der Waals surface area contributed by atoms with Crippen molar-refractivity contribution in [3.05, 3.63) is 78.0 Å². The van der Waals surface area contributed by atoms with Crippen LogP contribution < -0.4 is 15.4 Å². The number of hydrogen-bond donors (Lipinski definition) is 2. The van der Waals surface area contributed by atoms with Gasteiger partial charge in [-0.2, -0.15) is 0 Å². The SMILES string of the molecule is CCOc1ccc(Nc2cnc(C(=O)NCCc3ccc(F)cc3)cn2)cc1. The van der Waals surface area contributed by atoms with Gasteiger partial charge in [0.1, 0.15) is 23.1 Å². The van der Waals surface area contributed by atoms with Gasteiger partial charge in [0.05, 0.1) is 19.0 Å². The first kappa shape index (κ1) is 19.3. The smallest absolute Gasteiger partial charge is 0.271 e. The summed E-state index contributed by atoms with van der Waals surface area (Å²) in [4.78, 5) is 20.5. The third-order valence-corrected chi connectivity index (χ3v) is 3.93. The average molecular weight is 380 g/mol. The van der Waals surface area contributed by atoms with E-state index in [4.69, 9.17) is 4.74 Å². The summed E-state index contributed by atoms with van der Waals surface area (Å²) in [5.41, 5.74) is 2.02. The maximum Gasteiger partial charge on any atom is 0.271 e. The summed E-state index contributed by atoms with van der Waals surface area (Å²) in [5.74, 6) is 0.753. The molecule has 0 atom stereocenters. The molecule has 1 heterocycles. The normalized spacial score (nSPS) is 10.4. The van der Waals surface area contributed by atoms with Crippen molar-refractivity contribution in [2.24, 2.45) is 0 Å². The van der Waals surface area contributed by atoms with E-state index in [1.807, 2.05) is 31.2 Å². The van der Waals surface area contributed by atoms with Crippen molar-refractivity contribution < 1.29 is 13.9 Å². The summed E-state index contributed by atoms with van der Waals surface area (Å²) in [6, 6.07) is 13.7. The minimum atomic E-state index is -0.303. The first-order valence-corrected chi connectivity index (χ1v) is 8.98. The average Bonchev–Trinajstić information content (AvgIpc) is 2.72. The topological polar surface area (TPSA) is 76.1 Å². The van der Waals surface area contributed by atoms with Gasteiger partial charge in [-0.15, -0.1) is 0 Å². The highest BCUT2D eigenvalue weighted by atomic mass is 19.1. The lowest BCUT2D eigenvalue weighted by Crippen LogP contribution is -2.26. The maximum absolute atomic E-state index is 12.9. The molecule has 0 unspecified atom stereocenters. The standard InChI is InChI=1S/C21H21FN4O2/c1-2-28-18-9-7-17(8-10-18)26-20-14-24-19(13-25-20)21(27)23-12-11-15-3-5-16(22)6-4-15/h3-10,13-14H,2,11-12H2,1H3,(H,23,27)(H,25,26). The minimum absolute atomic E-state index is 0.233. The van der Waals surface area contributed by atoms with Crippen molar-refractivity contribution in [3.8, 4) is 5.75 Å². The van der Waals surface area contributed by atoms with Crippen molar-refractivity contribution in [3.63, 3.8) is 0 Å². The lowest BCUT2D eigenvalue weighted by Gasteiger charge is -2.08. The molecule has 0 aliphatic heterocycles. The second-order valence-electron chi connectivity index (χ2n) is 6.00. The number of amides is 1. The van der Waals surface area contributed by atoms with Gasteiger partial charge in [-0.1, -0.05) is 12.1 Å².